The summed E-state index contributed by atoms with van der Waals surface area (Å²) in [5.74, 6) is 1.07. The molecule has 0 aromatic rings. The van der Waals surface area contributed by atoms with E-state index >= 15 is 0 Å². The zero-order chi connectivity index (χ0) is 18.8. The van der Waals surface area contributed by atoms with Crippen LogP contribution in [0, 0.1) is 0 Å². The van der Waals surface area contributed by atoms with Crippen LogP contribution in [0.25, 0.3) is 0 Å². The molecule has 2 rings (SSSR count). The van der Waals surface area contributed by atoms with E-state index in [0.717, 1.165) is 51.5 Å². The standard InChI is InChI=1S/C18H35N3O4S/c1-3-19-18(20-10-6-14-26(2,22)23)21-11-8-16(9-12-21)25-15-17-7-4-5-13-24-17/h16-17H,3-15H2,1-2H3,(H,19,20). The van der Waals surface area contributed by atoms with Crippen molar-refractivity contribution in [1.29, 1.82) is 0 Å². The Morgan fingerprint density at radius 2 is 2.04 bits per heavy atom. The van der Waals surface area contributed by atoms with Crippen LogP contribution < -0.4 is 5.32 Å². The van der Waals surface area contributed by atoms with Crippen LogP contribution in [0.4, 0.5) is 0 Å². The lowest BCUT2D eigenvalue weighted by Gasteiger charge is -2.35. The smallest absolute Gasteiger partial charge is 0.193 e. The maximum atomic E-state index is 11.2. The molecule has 0 aromatic heterocycles. The van der Waals surface area contributed by atoms with Gasteiger partial charge in [-0.15, -0.1) is 0 Å². The molecule has 7 nitrogen and oxygen atoms in total. The summed E-state index contributed by atoms with van der Waals surface area (Å²) in [6, 6.07) is 0. The van der Waals surface area contributed by atoms with Crippen molar-refractivity contribution in [3.8, 4) is 0 Å². The monoisotopic (exact) mass is 389 g/mol. The number of hydrogen-bond donors (Lipinski definition) is 1. The zero-order valence-electron chi connectivity index (χ0n) is 16.3. The Kier molecular flexibility index (Phi) is 9.15. The van der Waals surface area contributed by atoms with Gasteiger partial charge in [0, 0.05) is 39.0 Å². The highest BCUT2D eigenvalue weighted by atomic mass is 32.2. The van der Waals surface area contributed by atoms with E-state index in [0.29, 0.717) is 25.7 Å². The Bertz CT molecular complexity index is 525. The van der Waals surface area contributed by atoms with Gasteiger partial charge in [0.2, 0.25) is 0 Å². The molecule has 1 unspecified atom stereocenters. The van der Waals surface area contributed by atoms with Gasteiger partial charge in [-0.3, -0.25) is 4.99 Å². The van der Waals surface area contributed by atoms with E-state index in [1.165, 1.54) is 19.1 Å². The summed E-state index contributed by atoms with van der Waals surface area (Å²) < 4.78 is 34.2. The topological polar surface area (TPSA) is 80.2 Å². The minimum Gasteiger partial charge on any atom is -0.376 e. The van der Waals surface area contributed by atoms with Crippen molar-refractivity contribution >= 4 is 15.8 Å². The van der Waals surface area contributed by atoms with Gasteiger partial charge < -0.3 is 19.7 Å². The lowest BCUT2D eigenvalue weighted by atomic mass is 10.1. The summed E-state index contributed by atoms with van der Waals surface area (Å²) in [4.78, 5) is 6.84. The molecule has 2 heterocycles. The third kappa shape index (κ3) is 8.22. The molecule has 2 fully saturated rings. The van der Waals surface area contributed by atoms with E-state index < -0.39 is 9.84 Å². The number of piperidine rings is 1. The average molecular weight is 390 g/mol. The van der Waals surface area contributed by atoms with Crippen LogP contribution in [0.5, 0.6) is 0 Å². The van der Waals surface area contributed by atoms with Gasteiger partial charge in [0.15, 0.2) is 5.96 Å². The van der Waals surface area contributed by atoms with Gasteiger partial charge in [-0.1, -0.05) is 0 Å². The zero-order valence-corrected chi connectivity index (χ0v) is 17.1. The van der Waals surface area contributed by atoms with E-state index in [-0.39, 0.29) is 11.9 Å². The number of guanidine groups is 1. The maximum absolute atomic E-state index is 11.2. The van der Waals surface area contributed by atoms with Crippen LogP contribution in [0.15, 0.2) is 4.99 Å². The van der Waals surface area contributed by atoms with Crippen LogP contribution in [-0.2, 0) is 19.3 Å². The fourth-order valence-corrected chi connectivity index (χ4v) is 4.01. The minimum absolute atomic E-state index is 0.190. The maximum Gasteiger partial charge on any atom is 0.193 e. The first-order valence-electron chi connectivity index (χ1n) is 9.92. The van der Waals surface area contributed by atoms with Crippen molar-refractivity contribution < 1.29 is 17.9 Å². The highest BCUT2D eigenvalue weighted by Crippen LogP contribution is 2.18. The van der Waals surface area contributed by atoms with E-state index in [4.69, 9.17) is 9.47 Å². The number of hydrogen-bond acceptors (Lipinski definition) is 5. The van der Waals surface area contributed by atoms with Crippen molar-refractivity contribution in [2.75, 3.05) is 51.4 Å². The van der Waals surface area contributed by atoms with Gasteiger partial charge in [-0.25, -0.2) is 8.42 Å². The molecular formula is C18H35N3O4S. The predicted octanol–water partition coefficient (Wildman–Crippen LogP) is 1.44. The molecule has 2 saturated heterocycles. The highest BCUT2D eigenvalue weighted by molar-refractivity contribution is 7.90. The second-order valence-corrected chi connectivity index (χ2v) is 9.49. The molecule has 26 heavy (non-hydrogen) atoms. The summed E-state index contributed by atoms with van der Waals surface area (Å²) in [6.07, 6.45) is 7.91. The Morgan fingerprint density at radius 3 is 2.65 bits per heavy atom. The highest BCUT2D eigenvalue weighted by Gasteiger charge is 2.23. The van der Waals surface area contributed by atoms with Gasteiger partial charge in [0.05, 0.1) is 24.6 Å². The summed E-state index contributed by atoms with van der Waals surface area (Å²) in [5.41, 5.74) is 0. The molecule has 0 aliphatic carbocycles. The second kappa shape index (κ2) is 11.1. The normalized spacial score (nSPS) is 23.2. The van der Waals surface area contributed by atoms with E-state index in [2.05, 4.69) is 15.2 Å². The Morgan fingerprint density at radius 1 is 1.27 bits per heavy atom. The Balaban J connectivity index is 1.71. The molecule has 0 spiro atoms. The predicted molar refractivity (Wildman–Crippen MR) is 104 cm³/mol. The summed E-state index contributed by atoms with van der Waals surface area (Å²) in [7, 11) is -2.91. The van der Waals surface area contributed by atoms with Gasteiger partial charge in [0.25, 0.3) is 0 Å². The first kappa shape index (κ1) is 21.4. The van der Waals surface area contributed by atoms with Gasteiger partial charge in [-0.05, 0) is 45.4 Å². The van der Waals surface area contributed by atoms with Crippen molar-refractivity contribution in [2.45, 2.75) is 57.7 Å². The van der Waals surface area contributed by atoms with Crippen LogP contribution >= 0.6 is 0 Å². The van der Waals surface area contributed by atoms with Crippen molar-refractivity contribution in [3.05, 3.63) is 0 Å². The number of likely N-dealkylation sites (tertiary alicyclic amines) is 1. The fourth-order valence-electron chi connectivity index (χ4n) is 3.35. The average Bonchev–Trinajstić information content (AvgIpc) is 2.63. The van der Waals surface area contributed by atoms with Crippen molar-refractivity contribution in [1.82, 2.24) is 10.2 Å². The van der Waals surface area contributed by atoms with Crippen LogP contribution in [0.1, 0.15) is 45.4 Å². The molecule has 8 heteroatoms. The molecule has 0 aromatic carbocycles. The minimum atomic E-state index is -2.91. The third-order valence-electron chi connectivity index (χ3n) is 4.80. The molecule has 0 radical (unpaired) electrons. The summed E-state index contributed by atoms with van der Waals surface area (Å²) in [5, 5.41) is 3.31. The molecule has 1 N–H and O–H groups in total. The molecule has 0 amide bonds. The van der Waals surface area contributed by atoms with E-state index in [9.17, 15) is 8.42 Å². The SMILES string of the molecule is CCNC(=NCCCS(C)(=O)=O)N1CCC(OCC2CCCCO2)CC1. The van der Waals surface area contributed by atoms with E-state index in [1.54, 1.807) is 0 Å². The number of nitrogens with zero attached hydrogens (tertiary/aromatic N) is 2. The summed E-state index contributed by atoms with van der Waals surface area (Å²) in [6.45, 7) is 6.79. The van der Waals surface area contributed by atoms with Crippen LogP contribution in [0.3, 0.4) is 0 Å². The first-order valence-corrected chi connectivity index (χ1v) is 12.0. The van der Waals surface area contributed by atoms with Crippen molar-refractivity contribution in [2.24, 2.45) is 4.99 Å². The van der Waals surface area contributed by atoms with Gasteiger partial charge >= 0.3 is 0 Å². The summed E-state index contributed by atoms with van der Waals surface area (Å²) >= 11 is 0. The molecule has 152 valence electrons. The second-order valence-electron chi connectivity index (χ2n) is 7.23. The van der Waals surface area contributed by atoms with Gasteiger partial charge in [-0.2, -0.15) is 0 Å². The largest absolute Gasteiger partial charge is 0.376 e. The first-order chi connectivity index (χ1) is 12.5. The number of ether oxygens (including phenoxy) is 2. The van der Waals surface area contributed by atoms with Crippen LogP contribution in [0.2, 0.25) is 0 Å². The quantitative estimate of drug-likeness (QED) is 0.384. The molecular weight excluding hydrogens is 354 g/mol. The van der Waals surface area contributed by atoms with Crippen molar-refractivity contribution in [3.63, 3.8) is 0 Å². The third-order valence-corrected chi connectivity index (χ3v) is 5.83. The Hall–Kier alpha value is -0.860. The number of nitrogens with one attached hydrogen (secondary N) is 1. The fraction of sp³-hybridized carbons (Fsp3) is 0.944. The molecule has 0 saturated carbocycles. The number of sulfone groups is 1. The van der Waals surface area contributed by atoms with E-state index in [1.807, 2.05) is 6.92 Å². The van der Waals surface area contributed by atoms with Crippen LogP contribution in [-0.4, -0.2) is 82.9 Å². The Labute approximate surface area is 158 Å². The van der Waals surface area contributed by atoms with Gasteiger partial charge in [0.1, 0.15) is 9.84 Å². The molecule has 0 bridgehead atoms. The number of rotatable bonds is 8. The lowest BCUT2D eigenvalue weighted by molar-refractivity contribution is -0.0721. The lowest BCUT2D eigenvalue weighted by Crippen LogP contribution is -2.47. The molecule has 2 aliphatic heterocycles. The number of aliphatic imine (C=N–C) groups is 1. The molecule has 1 atom stereocenters. The molecule has 2 aliphatic rings.